The van der Waals surface area contributed by atoms with Crippen LogP contribution in [0.5, 0.6) is 0 Å². The standard InChI is InChI=1S/C6H15NO2/c1-5(8)6(2)9-4-3-7/h5-6,8H,3-4,7H2,1-2H3. The van der Waals surface area contributed by atoms with Crippen molar-refractivity contribution >= 4 is 0 Å². The number of ether oxygens (including phenoxy) is 1. The first-order valence-corrected chi connectivity index (χ1v) is 3.18. The molecule has 3 nitrogen and oxygen atoms in total. The molecule has 3 N–H and O–H groups in total. The molecule has 0 aliphatic heterocycles. The molecule has 9 heavy (non-hydrogen) atoms. The third-order valence-corrected chi connectivity index (χ3v) is 1.18. The summed E-state index contributed by atoms with van der Waals surface area (Å²) in [6.45, 7) is 4.55. The number of aliphatic hydroxyl groups is 1. The van der Waals surface area contributed by atoms with Crippen molar-refractivity contribution in [2.24, 2.45) is 5.73 Å². The van der Waals surface area contributed by atoms with Gasteiger partial charge in [0.2, 0.25) is 0 Å². The summed E-state index contributed by atoms with van der Waals surface area (Å²) >= 11 is 0. The lowest BCUT2D eigenvalue weighted by Gasteiger charge is -2.14. The molecule has 0 bridgehead atoms. The summed E-state index contributed by atoms with van der Waals surface area (Å²) in [4.78, 5) is 0. The van der Waals surface area contributed by atoms with Gasteiger partial charge in [0.25, 0.3) is 0 Å². The Morgan fingerprint density at radius 2 is 2.11 bits per heavy atom. The first kappa shape index (κ1) is 8.88. The maximum Gasteiger partial charge on any atom is 0.0803 e. The number of rotatable bonds is 4. The Kier molecular flexibility index (Phi) is 4.67. The molecule has 0 aliphatic carbocycles. The van der Waals surface area contributed by atoms with Crippen LogP contribution < -0.4 is 5.73 Å². The van der Waals surface area contributed by atoms with Crippen molar-refractivity contribution in [2.45, 2.75) is 26.1 Å². The van der Waals surface area contributed by atoms with Crippen LogP contribution >= 0.6 is 0 Å². The molecule has 56 valence electrons. The molecule has 0 aromatic heterocycles. The molecule has 0 rings (SSSR count). The van der Waals surface area contributed by atoms with Gasteiger partial charge < -0.3 is 15.6 Å². The Morgan fingerprint density at radius 1 is 1.56 bits per heavy atom. The summed E-state index contributed by atoms with van der Waals surface area (Å²) in [5, 5.41) is 8.88. The molecule has 3 heteroatoms. The van der Waals surface area contributed by atoms with E-state index in [-0.39, 0.29) is 6.10 Å². The molecule has 2 unspecified atom stereocenters. The maximum absolute atomic E-state index is 8.88. The molecule has 0 heterocycles. The average Bonchev–Trinajstić information content (AvgIpc) is 1.82. The summed E-state index contributed by atoms with van der Waals surface area (Å²) in [6, 6.07) is 0. The molecule has 0 aromatic carbocycles. The van der Waals surface area contributed by atoms with Crippen molar-refractivity contribution in [1.29, 1.82) is 0 Å². The van der Waals surface area contributed by atoms with Gasteiger partial charge in [-0.15, -0.1) is 0 Å². The molecule has 0 fully saturated rings. The Labute approximate surface area is 55.8 Å². The van der Waals surface area contributed by atoms with Crippen LogP contribution in [-0.4, -0.2) is 30.5 Å². The van der Waals surface area contributed by atoms with Crippen molar-refractivity contribution in [3.8, 4) is 0 Å². The van der Waals surface area contributed by atoms with Crippen LogP contribution in [0.25, 0.3) is 0 Å². The quantitative estimate of drug-likeness (QED) is 0.555. The van der Waals surface area contributed by atoms with E-state index in [9.17, 15) is 0 Å². The number of hydrogen-bond acceptors (Lipinski definition) is 3. The summed E-state index contributed by atoms with van der Waals surface area (Å²) in [7, 11) is 0. The van der Waals surface area contributed by atoms with Gasteiger partial charge >= 0.3 is 0 Å². The van der Waals surface area contributed by atoms with E-state index in [1.54, 1.807) is 6.92 Å². The Bertz CT molecular complexity index is 66.1. The van der Waals surface area contributed by atoms with Gasteiger partial charge in [0.05, 0.1) is 18.8 Å². The Morgan fingerprint density at radius 3 is 2.44 bits per heavy atom. The lowest BCUT2D eigenvalue weighted by atomic mass is 10.3. The molecule has 0 spiro atoms. The minimum Gasteiger partial charge on any atom is -0.391 e. The van der Waals surface area contributed by atoms with E-state index >= 15 is 0 Å². The zero-order valence-corrected chi connectivity index (χ0v) is 6.00. The largest absolute Gasteiger partial charge is 0.391 e. The number of aliphatic hydroxyl groups excluding tert-OH is 1. The van der Waals surface area contributed by atoms with E-state index < -0.39 is 6.10 Å². The lowest BCUT2D eigenvalue weighted by molar-refractivity contribution is -0.0147. The van der Waals surface area contributed by atoms with Crippen molar-refractivity contribution in [3.63, 3.8) is 0 Å². The second-order valence-corrected chi connectivity index (χ2v) is 2.11. The second-order valence-electron chi connectivity index (χ2n) is 2.11. The van der Waals surface area contributed by atoms with E-state index in [0.29, 0.717) is 13.2 Å². The van der Waals surface area contributed by atoms with Crippen LogP contribution in [0.15, 0.2) is 0 Å². The van der Waals surface area contributed by atoms with E-state index in [4.69, 9.17) is 15.6 Å². The van der Waals surface area contributed by atoms with Gasteiger partial charge in [0.1, 0.15) is 0 Å². The van der Waals surface area contributed by atoms with E-state index in [2.05, 4.69) is 0 Å². The summed E-state index contributed by atoms with van der Waals surface area (Å²) in [5.41, 5.74) is 5.17. The van der Waals surface area contributed by atoms with Crippen LogP contribution in [0.1, 0.15) is 13.8 Å². The van der Waals surface area contributed by atoms with Gasteiger partial charge in [-0.25, -0.2) is 0 Å². The van der Waals surface area contributed by atoms with Gasteiger partial charge in [0.15, 0.2) is 0 Å². The Balaban J connectivity index is 3.16. The smallest absolute Gasteiger partial charge is 0.0803 e. The molecule has 0 saturated carbocycles. The summed E-state index contributed by atoms with van der Waals surface area (Å²) in [6.07, 6.45) is -0.509. The second kappa shape index (κ2) is 4.73. The highest BCUT2D eigenvalue weighted by Crippen LogP contribution is 1.95. The fraction of sp³-hybridized carbons (Fsp3) is 1.00. The van der Waals surface area contributed by atoms with Crippen molar-refractivity contribution in [1.82, 2.24) is 0 Å². The first-order valence-electron chi connectivity index (χ1n) is 3.18. The van der Waals surface area contributed by atoms with E-state index in [1.165, 1.54) is 0 Å². The molecular formula is C6H15NO2. The zero-order valence-electron chi connectivity index (χ0n) is 6.00. The zero-order chi connectivity index (χ0) is 7.28. The van der Waals surface area contributed by atoms with E-state index in [1.807, 2.05) is 6.92 Å². The molecule has 0 aliphatic rings. The highest BCUT2D eigenvalue weighted by Gasteiger charge is 2.06. The molecule has 0 radical (unpaired) electrons. The van der Waals surface area contributed by atoms with Crippen molar-refractivity contribution < 1.29 is 9.84 Å². The molecule has 0 amide bonds. The van der Waals surface area contributed by atoms with Crippen molar-refractivity contribution in [3.05, 3.63) is 0 Å². The fourth-order valence-corrected chi connectivity index (χ4v) is 0.393. The normalized spacial score (nSPS) is 17.3. The van der Waals surface area contributed by atoms with Crippen molar-refractivity contribution in [2.75, 3.05) is 13.2 Å². The number of nitrogens with two attached hydrogens (primary N) is 1. The van der Waals surface area contributed by atoms with Gasteiger partial charge in [-0.2, -0.15) is 0 Å². The molecule has 0 aromatic rings. The monoisotopic (exact) mass is 133 g/mol. The predicted octanol–water partition coefficient (Wildman–Crippen LogP) is -0.269. The van der Waals surface area contributed by atoms with Gasteiger partial charge in [-0.3, -0.25) is 0 Å². The third-order valence-electron chi connectivity index (χ3n) is 1.18. The number of hydrogen-bond donors (Lipinski definition) is 2. The Hall–Kier alpha value is -0.120. The maximum atomic E-state index is 8.88. The van der Waals surface area contributed by atoms with Crippen LogP contribution in [0.3, 0.4) is 0 Å². The van der Waals surface area contributed by atoms with Gasteiger partial charge in [0, 0.05) is 6.54 Å². The minimum absolute atomic E-state index is 0.103. The van der Waals surface area contributed by atoms with Gasteiger partial charge in [-0.1, -0.05) is 0 Å². The first-order chi connectivity index (χ1) is 4.18. The lowest BCUT2D eigenvalue weighted by Crippen LogP contribution is -2.25. The molecular weight excluding hydrogens is 118 g/mol. The van der Waals surface area contributed by atoms with Crippen LogP contribution in [-0.2, 0) is 4.74 Å². The highest BCUT2D eigenvalue weighted by molar-refractivity contribution is 4.56. The SMILES string of the molecule is CC(O)C(C)OCCN. The third kappa shape index (κ3) is 4.39. The van der Waals surface area contributed by atoms with Crippen LogP contribution in [0.4, 0.5) is 0 Å². The fourth-order valence-electron chi connectivity index (χ4n) is 0.393. The molecule has 0 saturated heterocycles. The topological polar surface area (TPSA) is 55.5 Å². The van der Waals surface area contributed by atoms with E-state index in [0.717, 1.165) is 0 Å². The summed E-state index contributed by atoms with van der Waals surface area (Å²) < 4.78 is 5.08. The minimum atomic E-state index is -0.406. The van der Waals surface area contributed by atoms with Crippen LogP contribution in [0, 0.1) is 0 Å². The molecule has 2 atom stereocenters. The predicted molar refractivity (Wildman–Crippen MR) is 36.1 cm³/mol. The van der Waals surface area contributed by atoms with Gasteiger partial charge in [-0.05, 0) is 13.8 Å². The summed E-state index contributed by atoms with van der Waals surface area (Å²) in [5.74, 6) is 0. The van der Waals surface area contributed by atoms with Crippen LogP contribution in [0.2, 0.25) is 0 Å². The highest BCUT2D eigenvalue weighted by atomic mass is 16.5. The average molecular weight is 133 g/mol.